The molecule has 1 aliphatic heterocycles. The lowest BCUT2D eigenvalue weighted by atomic mass is 9.89. The predicted molar refractivity (Wildman–Crippen MR) is 82.1 cm³/mol. The summed E-state index contributed by atoms with van der Waals surface area (Å²) in [4.78, 5) is 0. The summed E-state index contributed by atoms with van der Waals surface area (Å²) < 4.78 is 17.0. The number of benzene rings is 1. The highest BCUT2D eigenvalue weighted by atomic mass is 16.5. The molecular weight excluding hydrogens is 266 g/mol. The molecule has 0 radical (unpaired) electrons. The first-order chi connectivity index (χ1) is 10.2. The van der Waals surface area contributed by atoms with Crippen molar-refractivity contribution in [1.82, 2.24) is 5.32 Å². The van der Waals surface area contributed by atoms with E-state index in [2.05, 4.69) is 31.3 Å². The van der Waals surface area contributed by atoms with Gasteiger partial charge in [-0.3, -0.25) is 0 Å². The highest BCUT2D eigenvalue weighted by Gasteiger charge is 2.29. The Hall–Kier alpha value is -1.26. The summed E-state index contributed by atoms with van der Waals surface area (Å²) >= 11 is 0. The van der Waals surface area contributed by atoms with Gasteiger partial charge in [0.05, 0.1) is 13.2 Å². The fourth-order valence-electron chi connectivity index (χ4n) is 3.17. The highest BCUT2D eigenvalue weighted by Crippen LogP contribution is 2.35. The molecule has 116 valence electrons. The number of hydrogen-bond acceptors (Lipinski definition) is 4. The number of rotatable bonds is 6. The fraction of sp³-hybridized carbons (Fsp3) is 0.647. The van der Waals surface area contributed by atoms with Gasteiger partial charge in [0.2, 0.25) is 0 Å². The van der Waals surface area contributed by atoms with Crippen molar-refractivity contribution in [3.8, 4) is 11.5 Å². The zero-order chi connectivity index (χ0) is 14.8. The molecule has 0 bridgehead atoms. The van der Waals surface area contributed by atoms with Gasteiger partial charge >= 0.3 is 0 Å². The molecule has 4 nitrogen and oxygen atoms in total. The van der Waals surface area contributed by atoms with E-state index in [1.54, 1.807) is 7.11 Å². The largest absolute Gasteiger partial charge is 0.496 e. The topological polar surface area (TPSA) is 39.7 Å². The van der Waals surface area contributed by atoms with Crippen molar-refractivity contribution in [1.29, 1.82) is 0 Å². The molecular formula is C17H25NO3. The Balaban J connectivity index is 1.59. The van der Waals surface area contributed by atoms with Gasteiger partial charge in [-0.25, -0.2) is 0 Å². The Morgan fingerprint density at radius 1 is 1.33 bits per heavy atom. The molecule has 21 heavy (non-hydrogen) atoms. The van der Waals surface area contributed by atoms with Crippen molar-refractivity contribution >= 4 is 0 Å². The van der Waals surface area contributed by atoms with Gasteiger partial charge in [0.15, 0.2) is 0 Å². The van der Waals surface area contributed by atoms with Crippen LogP contribution in [0.15, 0.2) is 12.1 Å². The van der Waals surface area contributed by atoms with Crippen LogP contribution in [0.2, 0.25) is 0 Å². The molecule has 2 aliphatic rings. The van der Waals surface area contributed by atoms with E-state index < -0.39 is 0 Å². The molecule has 1 atom stereocenters. The zero-order valence-electron chi connectivity index (χ0n) is 13.1. The first-order valence-corrected chi connectivity index (χ1v) is 7.91. The maximum absolute atomic E-state index is 5.84. The smallest absolute Gasteiger partial charge is 0.123 e. The fourth-order valence-corrected chi connectivity index (χ4v) is 3.17. The van der Waals surface area contributed by atoms with Crippen LogP contribution in [-0.4, -0.2) is 32.0 Å². The second kappa shape index (κ2) is 6.24. The van der Waals surface area contributed by atoms with Gasteiger partial charge in [0.25, 0.3) is 0 Å². The van der Waals surface area contributed by atoms with Crippen LogP contribution in [0.3, 0.4) is 0 Å². The third kappa shape index (κ3) is 3.16. The molecule has 1 aromatic rings. The quantitative estimate of drug-likeness (QED) is 0.875. The minimum Gasteiger partial charge on any atom is -0.496 e. The Morgan fingerprint density at radius 3 is 2.86 bits per heavy atom. The monoisotopic (exact) mass is 291 g/mol. The van der Waals surface area contributed by atoms with Gasteiger partial charge in [0, 0.05) is 36.7 Å². The van der Waals surface area contributed by atoms with E-state index >= 15 is 0 Å². The normalized spacial score (nSPS) is 26.9. The molecule has 1 N–H and O–H groups in total. The lowest BCUT2D eigenvalue weighted by Gasteiger charge is -2.35. The summed E-state index contributed by atoms with van der Waals surface area (Å²) in [6, 6.07) is 4.81. The predicted octanol–water partition coefficient (Wildman–Crippen LogP) is 2.68. The SMILES string of the molecule is CCOC1CC(NCc2cc3c(cc2OC)CC(C)O3)C1. The average molecular weight is 291 g/mol. The molecule has 0 saturated heterocycles. The van der Waals surface area contributed by atoms with Crippen molar-refractivity contribution in [3.05, 3.63) is 23.3 Å². The maximum Gasteiger partial charge on any atom is 0.123 e. The van der Waals surface area contributed by atoms with Crippen molar-refractivity contribution in [2.75, 3.05) is 13.7 Å². The van der Waals surface area contributed by atoms with E-state index in [4.69, 9.17) is 14.2 Å². The summed E-state index contributed by atoms with van der Waals surface area (Å²) in [5.74, 6) is 1.97. The number of methoxy groups -OCH3 is 1. The number of ether oxygens (including phenoxy) is 3. The second-order valence-electron chi connectivity index (χ2n) is 6.03. The maximum atomic E-state index is 5.84. The van der Waals surface area contributed by atoms with Crippen LogP contribution in [0.1, 0.15) is 37.8 Å². The Bertz CT molecular complexity index is 497. The van der Waals surface area contributed by atoms with Gasteiger partial charge in [0.1, 0.15) is 17.6 Å². The third-order valence-electron chi connectivity index (χ3n) is 4.38. The van der Waals surface area contributed by atoms with E-state index in [1.807, 2.05) is 0 Å². The van der Waals surface area contributed by atoms with Gasteiger partial charge in [-0.2, -0.15) is 0 Å². The molecule has 4 heteroatoms. The first-order valence-electron chi connectivity index (χ1n) is 7.91. The van der Waals surface area contributed by atoms with Gasteiger partial charge in [-0.1, -0.05) is 0 Å². The molecule has 0 aromatic heterocycles. The van der Waals surface area contributed by atoms with Crippen LogP contribution in [0.4, 0.5) is 0 Å². The second-order valence-corrected chi connectivity index (χ2v) is 6.03. The first kappa shape index (κ1) is 14.7. The molecule has 1 unspecified atom stereocenters. The third-order valence-corrected chi connectivity index (χ3v) is 4.38. The average Bonchev–Trinajstić information content (AvgIpc) is 2.79. The summed E-state index contributed by atoms with van der Waals surface area (Å²) in [6.07, 6.45) is 3.89. The Morgan fingerprint density at radius 2 is 2.14 bits per heavy atom. The summed E-state index contributed by atoms with van der Waals surface area (Å²) in [7, 11) is 1.74. The summed E-state index contributed by atoms with van der Waals surface area (Å²) in [6.45, 7) is 5.78. The van der Waals surface area contributed by atoms with Crippen LogP contribution in [0.25, 0.3) is 0 Å². The Labute approximate surface area is 126 Å². The number of nitrogens with one attached hydrogen (secondary N) is 1. The van der Waals surface area contributed by atoms with E-state index in [9.17, 15) is 0 Å². The van der Waals surface area contributed by atoms with Crippen molar-refractivity contribution in [2.24, 2.45) is 0 Å². The minimum absolute atomic E-state index is 0.270. The molecule has 1 aromatic carbocycles. The highest BCUT2D eigenvalue weighted by molar-refractivity contribution is 5.48. The van der Waals surface area contributed by atoms with E-state index in [-0.39, 0.29) is 6.10 Å². The molecule has 0 amide bonds. The van der Waals surface area contributed by atoms with Crippen LogP contribution in [0, 0.1) is 0 Å². The summed E-state index contributed by atoms with van der Waals surface area (Å²) in [5, 5.41) is 3.59. The van der Waals surface area contributed by atoms with Gasteiger partial charge in [-0.15, -0.1) is 0 Å². The van der Waals surface area contributed by atoms with E-state index in [0.29, 0.717) is 12.1 Å². The molecule has 1 saturated carbocycles. The van der Waals surface area contributed by atoms with Crippen LogP contribution >= 0.6 is 0 Å². The lowest BCUT2D eigenvalue weighted by molar-refractivity contribution is -0.0102. The Kier molecular flexibility index (Phi) is 4.36. The number of fused-ring (bicyclic) bond motifs is 1. The summed E-state index contributed by atoms with van der Waals surface area (Å²) in [5.41, 5.74) is 2.42. The molecule has 0 spiro atoms. The van der Waals surface area contributed by atoms with Crippen LogP contribution < -0.4 is 14.8 Å². The molecule has 1 fully saturated rings. The van der Waals surface area contributed by atoms with Crippen molar-refractivity contribution < 1.29 is 14.2 Å². The minimum atomic E-state index is 0.270. The number of hydrogen-bond donors (Lipinski definition) is 1. The zero-order valence-corrected chi connectivity index (χ0v) is 13.1. The van der Waals surface area contributed by atoms with Crippen LogP contribution in [-0.2, 0) is 17.7 Å². The van der Waals surface area contributed by atoms with Gasteiger partial charge < -0.3 is 19.5 Å². The van der Waals surface area contributed by atoms with E-state index in [1.165, 1.54) is 11.1 Å². The molecule has 1 aliphatic carbocycles. The molecule has 3 rings (SSSR count). The lowest BCUT2D eigenvalue weighted by Crippen LogP contribution is -2.45. The van der Waals surface area contributed by atoms with Crippen molar-refractivity contribution in [3.63, 3.8) is 0 Å². The molecule has 1 heterocycles. The van der Waals surface area contributed by atoms with Crippen LogP contribution in [0.5, 0.6) is 11.5 Å². The standard InChI is InChI=1S/C17H25NO3/c1-4-20-15-8-14(9-15)18-10-13-7-17-12(5-11(2)21-17)6-16(13)19-3/h6-7,11,14-15,18H,4-5,8-10H2,1-3H3. The van der Waals surface area contributed by atoms with Gasteiger partial charge in [-0.05, 0) is 38.8 Å². The van der Waals surface area contributed by atoms with Crippen molar-refractivity contribution in [2.45, 2.75) is 57.9 Å². The van der Waals surface area contributed by atoms with E-state index in [0.717, 1.165) is 43.9 Å².